The van der Waals surface area contributed by atoms with E-state index in [1.54, 1.807) is 7.11 Å². The highest BCUT2D eigenvalue weighted by molar-refractivity contribution is 7.85. The number of ether oxygens (including phenoxy) is 1. The monoisotopic (exact) mass is 253 g/mol. The lowest BCUT2D eigenvalue weighted by atomic mass is 10.1. The Morgan fingerprint density at radius 1 is 1.35 bits per heavy atom. The third-order valence-corrected chi connectivity index (χ3v) is 4.56. The first-order chi connectivity index (χ1) is 8.19. The molecule has 94 valence electrons. The van der Waals surface area contributed by atoms with Gasteiger partial charge in [0.1, 0.15) is 5.75 Å². The number of aryl methyl sites for hydroxylation is 1. The maximum absolute atomic E-state index is 11.3. The number of nitrogens with one attached hydrogen (secondary N) is 1. The van der Waals surface area contributed by atoms with Crippen LogP contribution in [0.15, 0.2) is 18.2 Å². The Morgan fingerprint density at radius 2 is 2.06 bits per heavy atom. The summed E-state index contributed by atoms with van der Waals surface area (Å²) in [5.41, 5.74) is 2.35. The van der Waals surface area contributed by atoms with E-state index in [0.717, 1.165) is 35.8 Å². The fourth-order valence-electron chi connectivity index (χ4n) is 2.08. The molecule has 1 heterocycles. The van der Waals surface area contributed by atoms with E-state index in [2.05, 4.69) is 18.3 Å². The van der Waals surface area contributed by atoms with Crippen molar-refractivity contribution in [3.05, 3.63) is 23.8 Å². The highest BCUT2D eigenvalue weighted by Gasteiger charge is 2.17. The van der Waals surface area contributed by atoms with Crippen molar-refractivity contribution in [1.29, 1.82) is 0 Å². The molecule has 1 fully saturated rings. The van der Waals surface area contributed by atoms with Crippen LogP contribution in [-0.4, -0.2) is 28.9 Å². The van der Waals surface area contributed by atoms with Gasteiger partial charge in [-0.25, -0.2) is 0 Å². The predicted octanol–water partition coefficient (Wildman–Crippen LogP) is 2.33. The summed E-state index contributed by atoms with van der Waals surface area (Å²) in [7, 11) is 1.09. The van der Waals surface area contributed by atoms with Gasteiger partial charge in [-0.2, -0.15) is 0 Å². The van der Waals surface area contributed by atoms with Crippen LogP contribution in [0.5, 0.6) is 5.75 Å². The van der Waals surface area contributed by atoms with Crippen LogP contribution in [0.1, 0.15) is 18.4 Å². The van der Waals surface area contributed by atoms with Gasteiger partial charge in [0, 0.05) is 34.0 Å². The second-order valence-electron chi connectivity index (χ2n) is 4.45. The Labute approximate surface area is 105 Å². The lowest BCUT2D eigenvalue weighted by molar-refractivity contribution is 0.414. The van der Waals surface area contributed by atoms with Crippen molar-refractivity contribution >= 4 is 16.5 Å². The maximum Gasteiger partial charge on any atom is 0.119 e. The molecule has 0 bridgehead atoms. The molecule has 1 saturated heterocycles. The molecule has 0 unspecified atom stereocenters. The summed E-state index contributed by atoms with van der Waals surface area (Å²) in [5.74, 6) is 2.54. The lowest BCUT2D eigenvalue weighted by Gasteiger charge is -2.24. The summed E-state index contributed by atoms with van der Waals surface area (Å²) < 4.78 is 16.5. The van der Waals surface area contributed by atoms with Crippen LogP contribution in [0.25, 0.3) is 0 Å². The first-order valence-corrected chi connectivity index (χ1v) is 7.44. The predicted molar refractivity (Wildman–Crippen MR) is 72.3 cm³/mol. The smallest absolute Gasteiger partial charge is 0.119 e. The van der Waals surface area contributed by atoms with Gasteiger partial charge in [0.25, 0.3) is 0 Å². The molecule has 3 nitrogen and oxygen atoms in total. The summed E-state index contributed by atoms with van der Waals surface area (Å²) in [4.78, 5) is 0. The van der Waals surface area contributed by atoms with E-state index in [1.165, 1.54) is 5.56 Å². The van der Waals surface area contributed by atoms with Gasteiger partial charge in [-0.3, -0.25) is 4.21 Å². The average molecular weight is 253 g/mol. The van der Waals surface area contributed by atoms with E-state index in [0.29, 0.717) is 6.04 Å². The van der Waals surface area contributed by atoms with E-state index in [-0.39, 0.29) is 0 Å². The normalized spacial score (nSPS) is 24.4. The molecule has 0 aromatic heterocycles. The fourth-order valence-corrected chi connectivity index (χ4v) is 3.38. The Morgan fingerprint density at radius 3 is 2.65 bits per heavy atom. The van der Waals surface area contributed by atoms with Crippen LogP contribution in [0, 0.1) is 6.92 Å². The summed E-state index contributed by atoms with van der Waals surface area (Å²) in [6.07, 6.45) is 2.00. The zero-order chi connectivity index (χ0) is 12.3. The second kappa shape index (κ2) is 5.54. The summed E-state index contributed by atoms with van der Waals surface area (Å²) in [6.45, 7) is 2.08. The highest BCUT2D eigenvalue weighted by atomic mass is 32.2. The first-order valence-electron chi connectivity index (χ1n) is 5.95. The molecule has 1 aromatic carbocycles. The van der Waals surface area contributed by atoms with Gasteiger partial charge in [-0.1, -0.05) is 0 Å². The largest absolute Gasteiger partial charge is 0.497 e. The van der Waals surface area contributed by atoms with Gasteiger partial charge in [-0.05, 0) is 43.5 Å². The molecule has 17 heavy (non-hydrogen) atoms. The molecule has 2 rings (SSSR count). The van der Waals surface area contributed by atoms with Crippen molar-refractivity contribution in [3.8, 4) is 5.75 Å². The van der Waals surface area contributed by atoms with Gasteiger partial charge < -0.3 is 10.1 Å². The first kappa shape index (κ1) is 12.4. The van der Waals surface area contributed by atoms with Gasteiger partial charge in [0.15, 0.2) is 0 Å². The van der Waals surface area contributed by atoms with Gasteiger partial charge in [0.2, 0.25) is 0 Å². The molecular weight excluding hydrogens is 234 g/mol. The van der Waals surface area contributed by atoms with Crippen LogP contribution in [0.2, 0.25) is 0 Å². The Balaban J connectivity index is 2.01. The molecule has 0 radical (unpaired) electrons. The zero-order valence-electron chi connectivity index (χ0n) is 10.4. The quantitative estimate of drug-likeness (QED) is 0.898. The van der Waals surface area contributed by atoms with Gasteiger partial charge >= 0.3 is 0 Å². The molecule has 1 aromatic rings. The third kappa shape index (κ3) is 3.22. The molecule has 0 saturated carbocycles. The summed E-state index contributed by atoms with van der Waals surface area (Å²) in [6, 6.07) is 6.51. The van der Waals surface area contributed by atoms with Gasteiger partial charge in [-0.15, -0.1) is 0 Å². The van der Waals surface area contributed by atoms with Crippen molar-refractivity contribution in [2.75, 3.05) is 23.9 Å². The van der Waals surface area contributed by atoms with E-state index < -0.39 is 10.8 Å². The van der Waals surface area contributed by atoms with Crippen LogP contribution < -0.4 is 10.1 Å². The minimum atomic E-state index is -0.589. The number of benzene rings is 1. The van der Waals surface area contributed by atoms with Crippen molar-refractivity contribution < 1.29 is 8.95 Å². The van der Waals surface area contributed by atoms with E-state index >= 15 is 0 Å². The minimum absolute atomic E-state index is 0.458. The second-order valence-corrected chi connectivity index (χ2v) is 6.14. The van der Waals surface area contributed by atoms with Crippen molar-refractivity contribution in [1.82, 2.24) is 0 Å². The van der Waals surface area contributed by atoms with Crippen LogP contribution >= 0.6 is 0 Å². The highest BCUT2D eigenvalue weighted by Crippen LogP contribution is 2.23. The number of rotatable bonds is 3. The van der Waals surface area contributed by atoms with E-state index in [9.17, 15) is 4.21 Å². The molecule has 4 heteroatoms. The Kier molecular flexibility index (Phi) is 4.05. The van der Waals surface area contributed by atoms with Gasteiger partial charge in [0.05, 0.1) is 7.11 Å². The number of hydrogen-bond acceptors (Lipinski definition) is 3. The fraction of sp³-hybridized carbons (Fsp3) is 0.538. The van der Waals surface area contributed by atoms with E-state index in [4.69, 9.17) is 4.74 Å². The summed E-state index contributed by atoms with van der Waals surface area (Å²) in [5, 5.41) is 3.53. The number of hydrogen-bond donors (Lipinski definition) is 1. The topological polar surface area (TPSA) is 38.3 Å². The lowest BCUT2D eigenvalue weighted by Crippen LogP contribution is -2.29. The molecule has 0 atom stereocenters. The van der Waals surface area contributed by atoms with Crippen LogP contribution in [0.3, 0.4) is 0 Å². The maximum atomic E-state index is 11.3. The van der Waals surface area contributed by atoms with E-state index in [1.807, 2.05) is 12.1 Å². The Hall–Kier alpha value is -1.03. The number of anilines is 1. The SMILES string of the molecule is COc1ccc(NC2CCS(=O)CC2)c(C)c1. The molecule has 1 N–H and O–H groups in total. The zero-order valence-corrected chi connectivity index (χ0v) is 11.2. The molecular formula is C13H19NO2S. The number of methoxy groups -OCH3 is 1. The molecule has 1 aliphatic heterocycles. The summed E-state index contributed by atoms with van der Waals surface area (Å²) >= 11 is 0. The standard InChI is InChI=1S/C13H19NO2S/c1-10-9-12(16-2)3-4-13(10)14-11-5-7-17(15)8-6-11/h3-4,9,11,14H,5-8H2,1-2H3. The van der Waals surface area contributed by atoms with Crippen LogP contribution in [0.4, 0.5) is 5.69 Å². The molecule has 0 spiro atoms. The average Bonchev–Trinajstić information content (AvgIpc) is 2.34. The van der Waals surface area contributed by atoms with Crippen molar-refractivity contribution in [2.45, 2.75) is 25.8 Å². The Bertz CT molecular complexity index is 410. The molecule has 0 aliphatic carbocycles. The van der Waals surface area contributed by atoms with Crippen LogP contribution in [-0.2, 0) is 10.8 Å². The third-order valence-electron chi connectivity index (χ3n) is 3.18. The van der Waals surface area contributed by atoms with Crippen molar-refractivity contribution in [3.63, 3.8) is 0 Å². The minimum Gasteiger partial charge on any atom is -0.497 e. The molecule has 1 aliphatic rings. The van der Waals surface area contributed by atoms with Crippen molar-refractivity contribution in [2.24, 2.45) is 0 Å². The molecule has 0 amide bonds.